The topological polar surface area (TPSA) is 27.8 Å². The minimum atomic E-state index is 0.505. The molecule has 0 aliphatic carbocycles. The second kappa shape index (κ2) is 3.54. The van der Waals surface area contributed by atoms with Crippen molar-refractivity contribution in [3.63, 3.8) is 0 Å². The third kappa shape index (κ3) is 2.08. The summed E-state index contributed by atoms with van der Waals surface area (Å²) in [4.78, 5) is 2.96. The van der Waals surface area contributed by atoms with Gasteiger partial charge in [-0.3, -0.25) is 5.32 Å². The molecule has 1 aromatic rings. The summed E-state index contributed by atoms with van der Waals surface area (Å²) in [5.41, 5.74) is 1.23. The molecule has 1 heterocycles. The fourth-order valence-corrected chi connectivity index (χ4v) is 0.754. The number of H-pyrrole nitrogens is 1. The molecular weight excluding hydrogens is 136 g/mol. The first-order valence-corrected chi connectivity index (χ1v) is 3.35. The molecule has 1 aromatic heterocycles. The lowest BCUT2D eigenvalue weighted by Crippen LogP contribution is -2.08. The van der Waals surface area contributed by atoms with Gasteiger partial charge in [-0.05, 0) is 11.6 Å². The van der Waals surface area contributed by atoms with E-state index in [1.165, 1.54) is 5.56 Å². The van der Waals surface area contributed by atoms with Crippen LogP contribution in [0.3, 0.4) is 0 Å². The number of alkyl halides is 1. The first-order valence-electron chi connectivity index (χ1n) is 2.82. The van der Waals surface area contributed by atoms with Crippen LogP contribution in [-0.4, -0.2) is 11.0 Å². The maximum atomic E-state index is 5.40. The van der Waals surface area contributed by atoms with Crippen LogP contribution in [-0.2, 0) is 6.54 Å². The van der Waals surface area contributed by atoms with Gasteiger partial charge in [0, 0.05) is 18.9 Å². The van der Waals surface area contributed by atoms with E-state index in [2.05, 4.69) is 10.3 Å². The van der Waals surface area contributed by atoms with Gasteiger partial charge in [0.2, 0.25) is 0 Å². The fraction of sp³-hybridized carbons (Fsp3) is 0.333. The molecule has 0 saturated heterocycles. The second-order valence-electron chi connectivity index (χ2n) is 1.78. The number of aromatic nitrogens is 1. The Hall–Kier alpha value is -0.470. The van der Waals surface area contributed by atoms with Gasteiger partial charge in [-0.1, -0.05) is 0 Å². The van der Waals surface area contributed by atoms with E-state index in [1.807, 2.05) is 18.5 Å². The average molecular weight is 145 g/mol. The number of rotatable bonds is 3. The predicted octanol–water partition coefficient (Wildman–Crippen LogP) is 1.30. The second-order valence-corrected chi connectivity index (χ2v) is 2.05. The van der Waals surface area contributed by atoms with E-state index >= 15 is 0 Å². The Morgan fingerprint density at radius 1 is 1.67 bits per heavy atom. The average Bonchev–Trinajstić information content (AvgIpc) is 2.34. The largest absolute Gasteiger partial charge is 0.367 e. The van der Waals surface area contributed by atoms with E-state index < -0.39 is 0 Å². The highest BCUT2D eigenvalue weighted by Crippen LogP contribution is 1.94. The standard InChI is InChI=1S/C6H9ClN2/c7-5-9-4-6-1-2-8-3-6/h1-3,8-9H,4-5H2. The van der Waals surface area contributed by atoms with Crippen molar-refractivity contribution in [1.82, 2.24) is 10.3 Å². The van der Waals surface area contributed by atoms with Gasteiger partial charge in [0.1, 0.15) is 0 Å². The van der Waals surface area contributed by atoms with Crippen LogP contribution in [0.5, 0.6) is 0 Å². The lowest BCUT2D eigenvalue weighted by molar-refractivity contribution is 0.792. The number of nitrogens with one attached hydrogen (secondary N) is 2. The molecule has 9 heavy (non-hydrogen) atoms. The summed E-state index contributed by atoms with van der Waals surface area (Å²) in [7, 11) is 0. The van der Waals surface area contributed by atoms with Gasteiger partial charge in [0.15, 0.2) is 0 Å². The van der Waals surface area contributed by atoms with E-state index in [0.29, 0.717) is 6.00 Å². The highest BCUT2D eigenvalue weighted by atomic mass is 35.5. The number of hydrogen-bond donors (Lipinski definition) is 2. The zero-order valence-corrected chi connectivity index (χ0v) is 5.78. The molecule has 2 N–H and O–H groups in total. The third-order valence-corrected chi connectivity index (χ3v) is 1.27. The molecule has 0 spiro atoms. The molecule has 0 radical (unpaired) electrons. The number of hydrogen-bond acceptors (Lipinski definition) is 1. The molecule has 3 heteroatoms. The maximum absolute atomic E-state index is 5.40. The summed E-state index contributed by atoms with van der Waals surface area (Å²) < 4.78 is 0. The molecular formula is C6H9ClN2. The molecule has 1 rings (SSSR count). The van der Waals surface area contributed by atoms with Crippen molar-refractivity contribution in [2.75, 3.05) is 6.00 Å². The molecule has 2 nitrogen and oxygen atoms in total. The van der Waals surface area contributed by atoms with Gasteiger partial charge >= 0.3 is 0 Å². The zero-order valence-electron chi connectivity index (χ0n) is 5.02. The van der Waals surface area contributed by atoms with Crippen LogP contribution < -0.4 is 5.32 Å². The van der Waals surface area contributed by atoms with Gasteiger partial charge in [0.25, 0.3) is 0 Å². The van der Waals surface area contributed by atoms with Crippen LogP contribution >= 0.6 is 11.6 Å². The quantitative estimate of drug-likeness (QED) is 0.486. The minimum absolute atomic E-state index is 0.505. The van der Waals surface area contributed by atoms with E-state index in [4.69, 9.17) is 11.6 Å². The third-order valence-electron chi connectivity index (χ3n) is 1.09. The van der Waals surface area contributed by atoms with Crippen molar-refractivity contribution >= 4 is 11.6 Å². The zero-order chi connectivity index (χ0) is 6.53. The van der Waals surface area contributed by atoms with Crippen LogP contribution in [0, 0.1) is 0 Å². The van der Waals surface area contributed by atoms with Crippen LogP contribution in [0.25, 0.3) is 0 Å². The summed E-state index contributed by atoms with van der Waals surface area (Å²) in [6, 6.07) is 2.52. The molecule has 0 aliphatic heterocycles. The molecule has 0 aromatic carbocycles. The monoisotopic (exact) mass is 144 g/mol. The molecule has 50 valence electrons. The highest BCUT2D eigenvalue weighted by molar-refractivity contribution is 6.17. The van der Waals surface area contributed by atoms with Crippen molar-refractivity contribution < 1.29 is 0 Å². The van der Waals surface area contributed by atoms with Gasteiger partial charge in [0.05, 0.1) is 6.00 Å². The molecule has 0 unspecified atom stereocenters. The van der Waals surface area contributed by atoms with E-state index in [9.17, 15) is 0 Å². The van der Waals surface area contributed by atoms with Crippen molar-refractivity contribution in [2.24, 2.45) is 0 Å². The summed E-state index contributed by atoms with van der Waals surface area (Å²) in [6.45, 7) is 0.840. The molecule has 0 bridgehead atoms. The molecule has 0 aliphatic rings. The van der Waals surface area contributed by atoms with E-state index in [1.54, 1.807) is 0 Å². The number of halogens is 1. The SMILES string of the molecule is ClCNCc1cc[nH]c1. The van der Waals surface area contributed by atoms with Gasteiger partial charge in [-0.15, -0.1) is 11.6 Å². The van der Waals surface area contributed by atoms with Crippen LogP contribution in [0.15, 0.2) is 18.5 Å². The first kappa shape index (κ1) is 6.65. The van der Waals surface area contributed by atoms with Crippen LogP contribution in [0.4, 0.5) is 0 Å². The Morgan fingerprint density at radius 2 is 2.56 bits per heavy atom. The van der Waals surface area contributed by atoms with Crippen LogP contribution in [0.2, 0.25) is 0 Å². The lowest BCUT2D eigenvalue weighted by Gasteiger charge is -1.93. The Kier molecular flexibility index (Phi) is 2.61. The maximum Gasteiger partial charge on any atom is 0.0716 e. The smallest absolute Gasteiger partial charge is 0.0716 e. The molecule has 0 fully saturated rings. The Labute approximate surface area is 59.2 Å². The summed E-state index contributed by atoms with van der Waals surface area (Å²) in [5, 5.41) is 3.00. The molecule has 0 amide bonds. The van der Waals surface area contributed by atoms with Gasteiger partial charge in [-0.2, -0.15) is 0 Å². The van der Waals surface area contributed by atoms with Gasteiger partial charge in [-0.25, -0.2) is 0 Å². The highest BCUT2D eigenvalue weighted by Gasteiger charge is 1.87. The molecule has 0 saturated carbocycles. The number of aromatic amines is 1. The van der Waals surface area contributed by atoms with Crippen molar-refractivity contribution in [3.05, 3.63) is 24.0 Å². The van der Waals surface area contributed by atoms with E-state index in [-0.39, 0.29) is 0 Å². The Balaban J connectivity index is 2.30. The Bertz CT molecular complexity index is 148. The summed E-state index contributed by atoms with van der Waals surface area (Å²) >= 11 is 5.40. The van der Waals surface area contributed by atoms with Gasteiger partial charge < -0.3 is 4.98 Å². The van der Waals surface area contributed by atoms with Crippen molar-refractivity contribution in [1.29, 1.82) is 0 Å². The van der Waals surface area contributed by atoms with Crippen LogP contribution in [0.1, 0.15) is 5.56 Å². The first-order chi connectivity index (χ1) is 4.43. The summed E-state index contributed by atoms with van der Waals surface area (Å²) in [5.74, 6) is 0. The predicted molar refractivity (Wildman–Crippen MR) is 38.4 cm³/mol. The van der Waals surface area contributed by atoms with Crippen molar-refractivity contribution in [3.8, 4) is 0 Å². The lowest BCUT2D eigenvalue weighted by atomic mass is 10.3. The minimum Gasteiger partial charge on any atom is -0.367 e. The fourth-order valence-electron chi connectivity index (χ4n) is 0.660. The Morgan fingerprint density at radius 3 is 3.11 bits per heavy atom. The van der Waals surface area contributed by atoms with Crippen molar-refractivity contribution in [2.45, 2.75) is 6.54 Å². The van der Waals surface area contributed by atoms with E-state index in [0.717, 1.165) is 6.54 Å². The summed E-state index contributed by atoms with van der Waals surface area (Å²) in [6.07, 6.45) is 3.84. The normalized spacial score (nSPS) is 9.89. The molecule has 0 atom stereocenters.